The number of anilines is 1. The van der Waals surface area contributed by atoms with Crippen LogP contribution in [0.1, 0.15) is 32.3 Å². The monoisotopic (exact) mass is 219 g/mol. The Hall–Kier alpha value is -1.02. The average molecular weight is 219 g/mol. The summed E-state index contributed by atoms with van der Waals surface area (Å²) in [5, 5.41) is 13.1. The van der Waals surface area contributed by atoms with Gasteiger partial charge >= 0.3 is 0 Å². The van der Waals surface area contributed by atoms with Gasteiger partial charge < -0.3 is 10.4 Å². The second-order valence-electron chi connectivity index (χ2n) is 5.55. The summed E-state index contributed by atoms with van der Waals surface area (Å²) >= 11 is 0. The van der Waals surface area contributed by atoms with Crippen LogP contribution in [0.25, 0.3) is 0 Å². The predicted molar refractivity (Wildman–Crippen MR) is 67.6 cm³/mol. The van der Waals surface area contributed by atoms with Gasteiger partial charge in [-0.1, -0.05) is 19.1 Å². The maximum absolute atomic E-state index is 9.63. The predicted octanol–water partition coefficient (Wildman–Crippen LogP) is 2.96. The maximum atomic E-state index is 9.63. The molecule has 2 N–H and O–H groups in total. The highest BCUT2D eigenvalue weighted by Crippen LogP contribution is 2.54. The lowest BCUT2D eigenvalue weighted by molar-refractivity contribution is 0.167. The van der Waals surface area contributed by atoms with Crippen LogP contribution in [0.15, 0.2) is 24.3 Å². The Bertz CT molecular complexity index is 384. The van der Waals surface area contributed by atoms with Crippen molar-refractivity contribution in [1.29, 1.82) is 0 Å². The quantitative estimate of drug-likeness (QED) is 0.816. The van der Waals surface area contributed by atoms with Crippen LogP contribution in [0.3, 0.4) is 0 Å². The third-order valence-corrected chi connectivity index (χ3v) is 4.09. The first-order valence-electron chi connectivity index (χ1n) is 5.95. The van der Waals surface area contributed by atoms with E-state index in [0.717, 1.165) is 5.69 Å². The zero-order valence-electron chi connectivity index (χ0n) is 10.4. The van der Waals surface area contributed by atoms with Crippen molar-refractivity contribution in [2.45, 2.75) is 39.2 Å². The van der Waals surface area contributed by atoms with Gasteiger partial charge in [-0.15, -0.1) is 0 Å². The normalized spacial score (nSPS) is 21.2. The Morgan fingerprint density at radius 2 is 2.12 bits per heavy atom. The number of benzene rings is 1. The minimum Gasteiger partial charge on any atom is -0.394 e. The maximum Gasteiger partial charge on any atom is 0.0664 e. The largest absolute Gasteiger partial charge is 0.394 e. The summed E-state index contributed by atoms with van der Waals surface area (Å²) in [6.07, 6.45) is 2.39. The third-order valence-electron chi connectivity index (χ3n) is 4.09. The van der Waals surface area contributed by atoms with Crippen LogP contribution >= 0.6 is 0 Å². The first-order chi connectivity index (χ1) is 7.49. The number of aliphatic hydroxyl groups is 1. The van der Waals surface area contributed by atoms with Gasteiger partial charge in [-0.05, 0) is 49.8 Å². The third kappa shape index (κ3) is 1.94. The zero-order valence-corrected chi connectivity index (χ0v) is 10.4. The Balaban J connectivity index is 2.19. The van der Waals surface area contributed by atoms with Crippen molar-refractivity contribution < 1.29 is 5.11 Å². The molecular weight excluding hydrogens is 198 g/mol. The molecule has 0 aliphatic heterocycles. The van der Waals surface area contributed by atoms with E-state index in [1.807, 2.05) is 6.07 Å². The number of nitrogens with one attached hydrogen (secondary N) is 1. The van der Waals surface area contributed by atoms with E-state index < -0.39 is 0 Å². The molecule has 0 spiro atoms. The highest BCUT2D eigenvalue weighted by Gasteiger charge is 2.52. The van der Waals surface area contributed by atoms with Crippen LogP contribution < -0.4 is 5.32 Å². The van der Waals surface area contributed by atoms with E-state index in [0.29, 0.717) is 0 Å². The van der Waals surface area contributed by atoms with E-state index >= 15 is 0 Å². The summed E-state index contributed by atoms with van der Waals surface area (Å²) in [6, 6.07) is 8.32. The van der Waals surface area contributed by atoms with Crippen molar-refractivity contribution in [3.05, 3.63) is 29.8 Å². The number of aliphatic hydroxyl groups excluding tert-OH is 1. The van der Waals surface area contributed by atoms with Crippen LogP contribution in [0.2, 0.25) is 0 Å². The number of hydrogen-bond acceptors (Lipinski definition) is 2. The first kappa shape index (κ1) is 11.5. The molecule has 0 aromatic heterocycles. The first-order valence-corrected chi connectivity index (χ1v) is 5.95. The van der Waals surface area contributed by atoms with Gasteiger partial charge in [0.05, 0.1) is 12.1 Å². The van der Waals surface area contributed by atoms with E-state index in [1.165, 1.54) is 18.4 Å². The lowest BCUT2D eigenvalue weighted by Crippen LogP contribution is -2.46. The summed E-state index contributed by atoms with van der Waals surface area (Å²) in [4.78, 5) is 0. The van der Waals surface area contributed by atoms with Crippen molar-refractivity contribution in [3.8, 4) is 0 Å². The van der Waals surface area contributed by atoms with Gasteiger partial charge in [-0.2, -0.15) is 0 Å². The molecule has 0 heterocycles. The minimum atomic E-state index is -0.208. The van der Waals surface area contributed by atoms with Crippen LogP contribution in [-0.4, -0.2) is 17.3 Å². The summed E-state index contributed by atoms with van der Waals surface area (Å²) in [7, 11) is 0. The molecular formula is C14H21NO. The molecule has 2 rings (SSSR count). The summed E-state index contributed by atoms with van der Waals surface area (Å²) < 4.78 is 0. The van der Waals surface area contributed by atoms with E-state index in [4.69, 9.17) is 0 Å². The SMILES string of the molecule is Cc1cccc(NC(C)(CO)C2(C)CC2)c1. The molecule has 1 atom stereocenters. The Labute approximate surface area is 97.7 Å². The molecule has 1 aliphatic carbocycles. The van der Waals surface area contributed by atoms with Crippen LogP contribution in [0.5, 0.6) is 0 Å². The fourth-order valence-electron chi connectivity index (χ4n) is 2.16. The molecule has 2 heteroatoms. The highest BCUT2D eigenvalue weighted by atomic mass is 16.3. The van der Waals surface area contributed by atoms with Crippen molar-refractivity contribution in [2.24, 2.45) is 5.41 Å². The molecule has 88 valence electrons. The summed E-state index contributed by atoms with van der Waals surface area (Å²) in [6.45, 7) is 6.62. The number of aryl methyl sites for hydroxylation is 1. The highest BCUT2D eigenvalue weighted by molar-refractivity contribution is 5.48. The van der Waals surface area contributed by atoms with Crippen molar-refractivity contribution in [3.63, 3.8) is 0 Å². The molecule has 2 nitrogen and oxygen atoms in total. The van der Waals surface area contributed by atoms with Gasteiger partial charge in [0.25, 0.3) is 0 Å². The molecule has 1 aromatic rings. The topological polar surface area (TPSA) is 32.3 Å². The zero-order chi connectivity index (χ0) is 11.8. The van der Waals surface area contributed by atoms with E-state index in [9.17, 15) is 5.11 Å². The fraction of sp³-hybridized carbons (Fsp3) is 0.571. The van der Waals surface area contributed by atoms with Gasteiger partial charge in [0.1, 0.15) is 0 Å². The molecule has 1 unspecified atom stereocenters. The van der Waals surface area contributed by atoms with Crippen LogP contribution in [0.4, 0.5) is 5.69 Å². The van der Waals surface area contributed by atoms with Crippen molar-refractivity contribution in [1.82, 2.24) is 0 Å². The smallest absolute Gasteiger partial charge is 0.0664 e. The Morgan fingerprint density at radius 3 is 2.62 bits per heavy atom. The van der Waals surface area contributed by atoms with Crippen LogP contribution in [-0.2, 0) is 0 Å². The lowest BCUT2D eigenvalue weighted by atomic mass is 9.84. The van der Waals surface area contributed by atoms with Gasteiger partial charge in [0, 0.05) is 5.69 Å². The van der Waals surface area contributed by atoms with Crippen molar-refractivity contribution in [2.75, 3.05) is 11.9 Å². The average Bonchev–Trinajstić information content (AvgIpc) is 2.98. The second-order valence-corrected chi connectivity index (χ2v) is 5.55. The molecule has 0 radical (unpaired) electrons. The van der Waals surface area contributed by atoms with Crippen LogP contribution in [0, 0.1) is 12.3 Å². The van der Waals surface area contributed by atoms with E-state index in [2.05, 4.69) is 44.3 Å². The van der Waals surface area contributed by atoms with E-state index in [1.54, 1.807) is 0 Å². The second kappa shape index (κ2) is 3.77. The Morgan fingerprint density at radius 1 is 1.44 bits per heavy atom. The lowest BCUT2D eigenvalue weighted by Gasteiger charge is -2.36. The molecule has 16 heavy (non-hydrogen) atoms. The molecule has 1 aliphatic rings. The van der Waals surface area contributed by atoms with E-state index in [-0.39, 0.29) is 17.6 Å². The van der Waals surface area contributed by atoms with Crippen molar-refractivity contribution >= 4 is 5.69 Å². The molecule has 0 amide bonds. The fourth-order valence-corrected chi connectivity index (χ4v) is 2.16. The summed E-state index contributed by atoms with van der Waals surface area (Å²) in [5.41, 5.74) is 2.38. The number of hydrogen-bond donors (Lipinski definition) is 2. The van der Waals surface area contributed by atoms with Gasteiger partial charge in [0.2, 0.25) is 0 Å². The molecule has 0 saturated heterocycles. The standard InChI is InChI=1S/C14H21NO/c1-11-5-4-6-12(9-11)15-14(3,10-16)13(2)7-8-13/h4-6,9,15-16H,7-8,10H2,1-3H3. The Kier molecular flexibility index (Phi) is 2.70. The summed E-state index contributed by atoms with van der Waals surface area (Å²) in [5.74, 6) is 0. The molecule has 1 saturated carbocycles. The number of rotatable bonds is 4. The minimum absolute atomic E-state index is 0.178. The molecule has 1 aromatic carbocycles. The van der Waals surface area contributed by atoms with Gasteiger partial charge in [0.15, 0.2) is 0 Å². The van der Waals surface area contributed by atoms with Gasteiger partial charge in [-0.25, -0.2) is 0 Å². The molecule has 1 fully saturated rings. The van der Waals surface area contributed by atoms with Gasteiger partial charge in [-0.3, -0.25) is 0 Å². The molecule has 0 bridgehead atoms.